The van der Waals surface area contributed by atoms with Crippen LogP contribution >= 0.6 is 0 Å². The Morgan fingerprint density at radius 3 is 2.45 bits per heavy atom. The van der Waals surface area contributed by atoms with Gasteiger partial charge >= 0.3 is 0 Å². The van der Waals surface area contributed by atoms with Crippen molar-refractivity contribution in [3.8, 4) is 0 Å². The summed E-state index contributed by atoms with van der Waals surface area (Å²) in [6, 6.07) is 6.15. The number of nitrogens with two attached hydrogens (primary N) is 1. The third-order valence-electron chi connectivity index (χ3n) is 2.65. The Morgan fingerprint density at radius 2 is 1.85 bits per heavy atom. The van der Waals surface area contributed by atoms with Gasteiger partial charge < -0.3 is 15.6 Å². The summed E-state index contributed by atoms with van der Waals surface area (Å²) < 4.78 is 15.0. The number of nitrogens with zero attached hydrogens (tertiary/aromatic N) is 1. The summed E-state index contributed by atoms with van der Waals surface area (Å²) in [5.74, 6) is -0.380. The Bertz CT molecular complexity index is 650. The van der Waals surface area contributed by atoms with Crippen LogP contribution < -0.4 is 16.6 Å². The first-order valence-electron chi connectivity index (χ1n) is 6.46. The highest BCUT2D eigenvalue weighted by molar-refractivity contribution is 5.71. The first-order valence-corrected chi connectivity index (χ1v) is 6.46. The fourth-order valence-electron chi connectivity index (χ4n) is 1.63. The summed E-state index contributed by atoms with van der Waals surface area (Å²) in [5, 5.41) is 2.82. The lowest BCUT2D eigenvalue weighted by Crippen LogP contribution is -2.17. The quantitative estimate of drug-likeness (QED) is 0.886. The largest absolute Gasteiger partial charge is 0.396 e. The number of nitrogens with one attached hydrogen (secondary N) is 1. The molecule has 0 spiro atoms. The van der Waals surface area contributed by atoms with Crippen LogP contribution in [0.2, 0.25) is 0 Å². The van der Waals surface area contributed by atoms with Gasteiger partial charge in [-0.15, -0.1) is 0 Å². The number of benzene rings is 1. The molecule has 0 aliphatic rings. The molecule has 20 heavy (non-hydrogen) atoms. The molecule has 1 aromatic heterocycles. The molecule has 2 rings (SSSR count). The van der Waals surface area contributed by atoms with Crippen molar-refractivity contribution >= 4 is 17.1 Å². The first-order chi connectivity index (χ1) is 9.47. The van der Waals surface area contributed by atoms with E-state index in [0.717, 1.165) is 5.56 Å². The predicted molar refractivity (Wildman–Crippen MR) is 81.9 cm³/mol. The Kier molecular flexibility index (Phi) is 5.32. The average molecular weight is 277 g/mol. The zero-order chi connectivity index (χ0) is 15.3. The molecule has 0 saturated heterocycles. The fraction of sp³-hybridized carbons (Fsp3) is 0.267. The maximum absolute atomic E-state index is 13.7. The third kappa shape index (κ3) is 3.60. The second-order valence-corrected chi connectivity index (χ2v) is 4.20. The number of halogens is 1. The molecule has 0 atom stereocenters. The molecule has 0 amide bonds. The number of aromatic nitrogens is 1. The minimum absolute atomic E-state index is 0.209. The van der Waals surface area contributed by atoms with Crippen molar-refractivity contribution in [2.75, 3.05) is 11.1 Å². The van der Waals surface area contributed by atoms with Gasteiger partial charge in [0.15, 0.2) is 0 Å². The molecule has 0 bridgehead atoms. The summed E-state index contributed by atoms with van der Waals surface area (Å²) in [6.45, 7) is 5.81. The minimum Gasteiger partial charge on any atom is -0.396 e. The number of pyridine rings is 1. The van der Waals surface area contributed by atoms with E-state index in [0.29, 0.717) is 17.1 Å². The molecule has 108 valence electrons. The highest BCUT2D eigenvalue weighted by Crippen LogP contribution is 2.23. The molecule has 0 unspecified atom stereocenters. The molecule has 2 aromatic rings. The molecule has 1 heterocycles. The van der Waals surface area contributed by atoms with Crippen LogP contribution in [-0.2, 0) is 7.05 Å². The molecule has 0 radical (unpaired) electrons. The summed E-state index contributed by atoms with van der Waals surface area (Å²) in [6.07, 6.45) is 1.50. The smallest absolute Gasteiger partial charge is 0.252 e. The highest BCUT2D eigenvalue weighted by Gasteiger charge is 2.06. The van der Waals surface area contributed by atoms with Crippen molar-refractivity contribution in [2.24, 2.45) is 7.05 Å². The van der Waals surface area contributed by atoms with Gasteiger partial charge in [-0.3, -0.25) is 4.79 Å². The van der Waals surface area contributed by atoms with Crippen LogP contribution in [0.5, 0.6) is 0 Å². The Hall–Kier alpha value is -2.30. The van der Waals surface area contributed by atoms with Gasteiger partial charge in [0.25, 0.3) is 5.56 Å². The van der Waals surface area contributed by atoms with E-state index in [9.17, 15) is 9.18 Å². The molecule has 3 N–H and O–H groups in total. The third-order valence-corrected chi connectivity index (χ3v) is 2.65. The van der Waals surface area contributed by atoms with Crippen LogP contribution in [0.15, 0.2) is 35.3 Å². The highest BCUT2D eigenvalue weighted by atomic mass is 19.1. The van der Waals surface area contributed by atoms with Gasteiger partial charge in [-0.2, -0.15) is 0 Å². The van der Waals surface area contributed by atoms with E-state index in [1.54, 1.807) is 26.1 Å². The second kappa shape index (κ2) is 6.75. The summed E-state index contributed by atoms with van der Waals surface area (Å²) in [5.41, 5.74) is 7.47. The SMILES string of the molecule is CC.Cc1ccc(Nc2cc(=O)n(C)cc2N)c(F)c1. The van der Waals surface area contributed by atoms with Crippen molar-refractivity contribution < 1.29 is 4.39 Å². The van der Waals surface area contributed by atoms with E-state index >= 15 is 0 Å². The number of anilines is 3. The van der Waals surface area contributed by atoms with Crippen molar-refractivity contribution in [2.45, 2.75) is 20.8 Å². The number of aryl methyl sites for hydroxylation is 2. The molecule has 0 aliphatic heterocycles. The van der Waals surface area contributed by atoms with E-state index in [2.05, 4.69) is 5.32 Å². The normalized spacial score (nSPS) is 9.65. The lowest BCUT2D eigenvalue weighted by molar-refractivity contribution is 0.630. The van der Waals surface area contributed by atoms with E-state index in [1.165, 1.54) is 22.9 Å². The van der Waals surface area contributed by atoms with Gasteiger partial charge in [-0.1, -0.05) is 19.9 Å². The van der Waals surface area contributed by atoms with Gasteiger partial charge in [0.2, 0.25) is 0 Å². The number of hydrogen-bond acceptors (Lipinski definition) is 3. The molecule has 5 heteroatoms. The second-order valence-electron chi connectivity index (χ2n) is 4.20. The number of nitrogen functional groups attached to an aromatic ring is 1. The molecular formula is C15H20FN3O. The van der Waals surface area contributed by atoms with Crippen molar-refractivity contribution in [1.82, 2.24) is 4.57 Å². The molecule has 0 fully saturated rings. The van der Waals surface area contributed by atoms with Gasteiger partial charge in [0, 0.05) is 19.3 Å². The maximum Gasteiger partial charge on any atom is 0.252 e. The zero-order valence-corrected chi connectivity index (χ0v) is 12.2. The Morgan fingerprint density at radius 1 is 1.20 bits per heavy atom. The van der Waals surface area contributed by atoms with Crippen LogP contribution in [-0.4, -0.2) is 4.57 Å². The van der Waals surface area contributed by atoms with E-state index in [1.807, 2.05) is 13.8 Å². The lowest BCUT2D eigenvalue weighted by atomic mass is 10.2. The van der Waals surface area contributed by atoms with Gasteiger partial charge in [-0.05, 0) is 24.6 Å². The summed E-state index contributed by atoms with van der Waals surface area (Å²) in [4.78, 5) is 11.5. The van der Waals surface area contributed by atoms with Crippen molar-refractivity contribution in [1.29, 1.82) is 0 Å². The molecule has 4 nitrogen and oxygen atoms in total. The maximum atomic E-state index is 13.7. The fourth-order valence-corrected chi connectivity index (χ4v) is 1.63. The standard InChI is InChI=1S/C13H14FN3O.C2H6/c1-8-3-4-11(9(14)5-8)16-12-6-13(18)17(2)7-10(12)15;1-2/h3-7,16H,15H2,1-2H3;1-2H3. The summed E-state index contributed by atoms with van der Waals surface area (Å²) in [7, 11) is 1.61. The molecule has 0 aliphatic carbocycles. The van der Waals surface area contributed by atoms with Gasteiger partial charge in [-0.25, -0.2) is 4.39 Å². The lowest BCUT2D eigenvalue weighted by Gasteiger charge is -2.11. The first kappa shape index (κ1) is 15.8. The monoisotopic (exact) mass is 277 g/mol. The van der Waals surface area contributed by atoms with Gasteiger partial charge in [0.1, 0.15) is 5.82 Å². The summed E-state index contributed by atoms with van der Waals surface area (Å²) >= 11 is 0. The van der Waals surface area contributed by atoms with Crippen LogP contribution in [0.3, 0.4) is 0 Å². The number of hydrogen-bond donors (Lipinski definition) is 2. The van der Waals surface area contributed by atoms with Crippen molar-refractivity contribution in [3.63, 3.8) is 0 Å². The average Bonchev–Trinajstić information content (AvgIpc) is 2.41. The van der Waals surface area contributed by atoms with Crippen LogP contribution in [0.1, 0.15) is 19.4 Å². The predicted octanol–water partition coefficient (Wildman–Crippen LogP) is 3.18. The van der Waals surface area contributed by atoms with Crippen molar-refractivity contribution in [3.05, 3.63) is 52.2 Å². The Balaban J connectivity index is 0.000000956. The van der Waals surface area contributed by atoms with Crippen LogP contribution in [0, 0.1) is 12.7 Å². The topological polar surface area (TPSA) is 60.0 Å². The van der Waals surface area contributed by atoms with E-state index in [4.69, 9.17) is 5.73 Å². The van der Waals surface area contributed by atoms with E-state index in [-0.39, 0.29) is 11.4 Å². The minimum atomic E-state index is -0.380. The van der Waals surface area contributed by atoms with Gasteiger partial charge in [0.05, 0.1) is 17.1 Å². The molecule has 1 aromatic carbocycles. The Labute approximate surface area is 118 Å². The van der Waals surface area contributed by atoms with E-state index < -0.39 is 0 Å². The zero-order valence-electron chi connectivity index (χ0n) is 12.2. The molecular weight excluding hydrogens is 257 g/mol. The van der Waals surface area contributed by atoms with Crippen LogP contribution in [0.4, 0.5) is 21.5 Å². The number of rotatable bonds is 2. The van der Waals surface area contributed by atoms with Crippen LogP contribution in [0.25, 0.3) is 0 Å². The molecule has 0 saturated carbocycles.